The van der Waals surface area contributed by atoms with Crippen molar-refractivity contribution < 1.29 is 14.3 Å². The highest BCUT2D eigenvalue weighted by Gasteiger charge is 2.42. The number of hydrogen-bond acceptors (Lipinski definition) is 8. The molecule has 3 N–H and O–H groups in total. The summed E-state index contributed by atoms with van der Waals surface area (Å²) in [5.41, 5.74) is 10.9. The Bertz CT molecular complexity index is 1370. The molecule has 0 saturated heterocycles. The fourth-order valence-corrected chi connectivity index (χ4v) is 5.93. The maximum absolute atomic E-state index is 13.5. The van der Waals surface area contributed by atoms with Gasteiger partial charge in [0, 0.05) is 34.9 Å². The Labute approximate surface area is 208 Å². The molecule has 1 unspecified atom stereocenters. The van der Waals surface area contributed by atoms with Gasteiger partial charge in [-0.05, 0) is 35.1 Å². The van der Waals surface area contributed by atoms with E-state index in [-0.39, 0.29) is 23.9 Å². The minimum Gasteiger partial charge on any atom is -0.454 e. The van der Waals surface area contributed by atoms with E-state index in [0.29, 0.717) is 34.7 Å². The zero-order valence-corrected chi connectivity index (χ0v) is 20.4. The molecule has 0 fully saturated rings. The highest BCUT2D eigenvalue weighted by atomic mass is 32.2. The summed E-state index contributed by atoms with van der Waals surface area (Å²) in [7, 11) is 0. The Hall–Kier alpha value is -3.52. The molecular weight excluding hydrogens is 460 g/mol. The van der Waals surface area contributed by atoms with Crippen LogP contribution in [-0.2, 0) is 10.5 Å². The standard InChI is InChI=1S/C27H26N4O3S/c1-27(2)11-17-22(18(32)12-27)21(16-8-9-19-20(10-16)34-14-33-19)23-24(28)30-26(31-25(23)29-17)35-13-15-6-4-3-5-7-15/h3-10,21H,11-14H2,1-2H3,(H3,28,29,30,31). The van der Waals surface area contributed by atoms with Crippen molar-refractivity contribution in [1.29, 1.82) is 0 Å². The van der Waals surface area contributed by atoms with Crippen LogP contribution >= 0.6 is 11.8 Å². The number of benzene rings is 2. The molecule has 0 saturated carbocycles. The number of carbonyl (C=O) groups excluding carboxylic acids is 1. The van der Waals surface area contributed by atoms with Crippen LogP contribution in [0.1, 0.15) is 49.3 Å². The number of thioether (sulfide) groups is 1. The van der Waals surface area contributed by atoms with Crippen molar-refractivity contribution in [3.63, 3.8) is 0 Å². The zero-order valence-electron chi connectivity index (χ0n) is 19.6. The maximum atomic E-state index is 13.5. The van der Waals surface area contributed by atoms with E-state index < -0.39 is 0 Å². The third-order valence-corrected chi connectivity index (χ3v) is 7.58. The lowest BCUT2D eigenvalue weighted by atomic mass is 9.69. The van der Waals surface area contributed by atoms with Gasteiger partial charge in [0.25, 0.3) is 0 Å². The number of carbonyl (C=O) groups is 1. The number of nitrogens with one attached hydrogen (secondary N) is 1. The largest absolute Gasteiger partial charge is 0.454 e. The summed E-state index contributed by atoms with van der Waals surface area (Å²) in [5, 5.41) is 4.08. The highest BCUT2D eigenvalue weighted by molar-refractivity contribution is 7.98. The lowest BCUT2D eigenvalue weighted by Gasteiger charge is -2.39. The zero-order chi connectivity index (χ0) is 24.2. The van der Waals surface area contributed by atoms with Gasteiger partial charge in [0.15, 0.2) is 22.4 Å². The fourth-order valence-electron chi connectivity index (χ4n) is 5.13. The molecule has 0 amide bonds. The number of fused-ring (bicyclic) bond motifs is 2. The summed E-state index contributed by atoms with van der Waals surface area (Å²) in [6.07, 6.45) is 1.24. The number of ketones is 1. The van der Waals surface area contributed by atoms with Crippen molar-refractivity contribution >= 4 is 29.2 Å². The van der Waals surface area contributed by atoms with Gasteiger partial charge < -0.3 is 20.5 Å². The van der Waals surface area contributed by atoms with Crippen LogP contribution < -0.4 is 20.5 Å². The van der Waals surface area contributed by atoms with Crippen LogP contribution in [0.4, 0.5) is 11.6 Å². The molecule has 3 aliphatic rings. The second kappa shape index (κ2) is 8.30. The lowest BCUT2D eigenvalue weighted by Crippen LogP contribution is -2.34. The van der Waals surface area contributed by atoms with Gasteiger partial charge in [-0.3, -0.25) is 4.79 Å². The first-order valence-corrected chi connectivity index (χ1v) is 12.6. The van der Waals surface area contributed by atoms with Crippen LogP contribution in [0, 0.1) is 5.41 Å². The number of Topliss-reactive ketones (excluding diaryl/α,β-unsaturated/α-hetero) is 1. The van der Waals surface area contributed by atoms with E-state index in [1.165, 1.54) is 5.56 Å². The number of allylic oxidation sites excluding steroid dienone is 2. The van der Waals surface area contributed by atoms with Crippen molar-refractivity contribution in [2.75, 3.05) is 17.8 Å². The summed E-state index contributed by atoms with van der Waals surface area (Å²) in [5.74, 6) is 2.91. The quantitative estimate of drug-likeness (QED) is 0.380. The second-order valence-electron chi connectivity index (χ2n) is 9.93. The van der Waals surface area contributed by atoms with Gasteiger partial charge >= 0.3 is 0 Å². The molecule has 6 rings (SSSR count). The molecule has 1 aromatic heterocycles. The average molecular weight is 487 g/mol. The molecule has 8 heteroatoms. The average Bonchev–Trinajstić information content (AvgIpc) is 3.29. The molecule has 0 spiro atoms. The third-order valence-electron chi connectivity index (χ3n) is 6.66. The van der Waals surface area contributed by atoms with E-state index in [1.54, 1.807) is 11.8 Å². The van der Waals surface area contributed by atoms with Gasteiger partial charge in [0.05, 0.1) is 0 Å². The van der Waals surface area contributed by atoms with E-state index in [4.69, 9.17) is 20.2 Å². The molecule has 7 nitrogen and oxygen atoms in total. The summed E-state index contributed by atoms with van der Waals surface area (Å²) in [6, 6.07) is 16.0. The minimum atomic E-state index is -0.368. The normalized spacial score (nSPS) is 19.7. The Balaban J connectivity index is 1.44. The number of nitrogens with zero attached hydrogens (tertiary/aromatic N) is 2. The number of rotatable bonds is 4. The molecule has 3 aromatic rings. The van der Waals surface area contributed by atoms with Crippen LogP contribution in [0.15, 0.2) is 65.0 Å². The highest BCUT2D eigenvalue weighted by Crippen LogP contribution is 2.51. The van der Waals surface area contributed by atoms with Crippen LogP contribution in [0.25, 0.3) is 0 Å². The van der Waals surface area contributed by atoms with Crippen molar-refractivity contribution in [2.24, 2.45) is 5.41 Å². The third kappa shape index (κ3) is 4.01. The molecule has 0 bridgehead atoms. The second-order valence-corrected chi connectivity index (χ2v) is 10.9. The molecule has 2 aromatic carbocycles. The summed E-state index contributed by atoms with van der Waals surface area (Å²) in [6.45, 7) is 4.43. The Kier molecular flexibility index (Phi) is 5.21. The van der Waals surface area contributed by atoms with Gasteiger partial charge in [-0.2, -0.15) is 0 Å². The van der Waals surface area contributed by atoms with E-state index >= 15 is 0 Å². The number of ether oxygens (including phenoxy) is 2. The molecule has 35 heavy (non-hydrogen) atoms. The number of nitrogens with two attached hydrogens (primary N) is 1. The van der Waals surface area contributed by atoms with Gasteiger partial charge in [0.1, 0.15) is 11.6 Å². The monoisotopic (exact) mass is 486 g/mol. The number of anilines is 2. The van der Waals surface area contributed by atoms with Gasteiger partial charge in [-0.15, -0.1) is 0 Å². The predicted octanol–water partition coefficient (Wildman–Crippen LogP) is 5.28. The van der Waals surface area contributed by atoms with Crippen LogP contribution in [0.5, 0.6) is 11.5 Å². The fraction of sp³-hybridized carbons (Fsp3) is 0.296. The topological polar surface area (TPSA) is 99.4 Å². The van der Waals surface area contributed by atoms with E-state index in [0.717, 1.165) is 34.6 Å². The molecule has 0 radical (unpaired) electrons. The van der Waals surface area contributed by atoms with Crippen LogP contribution in [0.3, 0.4) is 0 Å². The molecule has 178 valence electrons. The molecule has 2 aliphatic heterocycles. The number of aromatic nitrogens is 2. The van der Waals surface area contributed by atoms with Crippen molar-refractivity contribution in [3.8, 4) is 11.5 Å². The Morgan fingerprint density at radius 3 is 2.71 bits per heavy atom. The molecule has 3 heterocycles. The first-order chi connectivity index (χ1) is 16.9. The SMILES string of the molecule is CC1(C)CC(=O)C2=C(C1)Nc1nc(SCc3ccccc3)nc(N)c1C2c1ccc2c(c1)OCO2. The first kappa shape index (κ1) is 22.0. The summed E-state index contributed by atoms with van der Waals surface area (Å²) in [4.78, 5) is 23.0. The Morgan fingerprint density at radius 2 is 1.89 bits per heavy atom. The van der Waals surface area contributed by atoms with Crippen molar-refractivity contribution in [2.45, 2.75) is 43.5 Å². The number of nitrogen functional groups attached to an aromatic ring is 1. The van der Waals surface area contributed by atoms with Gasteiger partial charge in [-0.1, -0.05) is 62.0 Å². The van der Waals surface area contributed by atoms with Crippen LogP contribution in [0.2, 0.25) is 0 Å². The smallest absolute Gasteiger partial charge is 0.231 e. The van der Waals surface area contributed by atoms with Crippen LogP contribution in [-0.4, -0.2) is 22.5 Å². The molecule has 1 aliphatic carbocycles. The van der Waals surface area contributed by atoms with Crippen molar-refractivity contribution in [3.05, 3.63) is 76.5 Å². The lowest BCUT2D eigenvalue weighted by molar-refractivity contribution is -0.118. The van der Waals surface area contributed by atoms with E-state index in [2.05, 4.69) is 36.3 Å². The minimum absolute atomic E-state index is 0.124. The number of hydrogen-bond donors (Lipinski definition) is 2. The van der Waals surface area contributed by atoms with Crippen molar-refractivity contribution in [1.82, 2.24) is 9.97 Å². The van der Waals surface area contributed by atoms with E-state index in [1.807, 2.05) is 36.4 Å². The van der Waals surface area contributed by atoms with Gasteiger partial charge in [0.2, 0.25) is 6.79 Å². The summed E-state index contributed by atoms with van der Waals surface area (Å²) >= 11 is 1.54. The Morgan fingerprint density at radius 1 is 1.09 bits per heavy atom. The summed E-state index contributed by atoms with van der Waals surface area (Å²) < 4.78 is 11.1. The molecule has 1 atom stereocenters. The molecular formula is C27H26N4O3S. The van der Waals surface area contributed by atoms with E-state index in [9.17, 15) is 4.79 Å². The maximum Gasteiger partial charge on any atom is 0.231 e. The predicted molar refractivity (Wildman–Crippen MR) is 136 cm³/mol. The van der Waals surface area contributed by atoms with Gasteiger partial charge in [-0.25, -0.2) is 9.97 Å². The first-order valence-electron chi connectivity index (χ1n) is 11.6.